The van der Waals surface area contributed by atoms with E-state index >= 15 is 0 Å². The molecule has 20 heavy (non-hydrogen) atoms. The van der Waals surface area contributed by atoms with Gasteiger partial charge in [0.25, 0.3) is 5.91 Å². The molecule has 1 aromatic carbocycles. The number of carboxylic acid groups (broad SMARTS) is 1. The quantitative estimate of drug-likeness (QED) is 0.746. The Balaban J connectivity index is 2.19. The lowest BCUT2D eigenvalue weighted by Crippen LogP contribution is -2.43. The van der Waals surface area contributed by atoms with Crippen molar-refractivity contribution in [3.8, 4) is 5.69 Å². The lowest BCUT2D eigenvalue weighted by atomic mass is 10.1. The largest absolute Gasteiger partial charge is 0.480 e. The van der Waals surface area contributed by atoms with Gasteiger partial charge in [0.2, 0.25) is 0 Å². The second kappa shape index (κ2) is 6.03. The first-order valence-electron chi connectivity index (χ1n) is 6.00. The second-order valence-electron chi connectivity index (χ2n) is 4.19. The summed E-state index contributed by atoms with van der Waals surface area (Å²) in [6.07, 6.45) is 3.68. The summed E-state index contributed by atoms with van der Waals surface area (Å²) < 4.78 is 1.83. The van der Waals surface area contributed by atoms with Crippen molar-refractivity contribution in [2.75, 3.05) is 6.61 Å². The number of amides is 1. The van der Waals surface area contributed by atoms with Crippen LogP contribution in [0.15, 0.2) is 48.8 Å². The molecular formula is C14H14N2O4. The lowest BCUT2D eigenvalue weighted by molar-refractivity contribution is -0.140. The number of carboxylic acids is 1. The molecule has 0 radical (unpaired) electrons. The van der Waals surface area contributed by atoms with Gasteiger partial charge in [0.05, 0.1) is 6.61 Å². The Morgan fingerprint density at radius 1 is 1.20 bits per heavy atom. The van der Waals surface area contributed by atoms with Crippen LogP contribution in [-0.2, 0) is 4.79 Å². The van der Waals surface area contributed by atoms with Crippen molar-refractivity contribution in [3.05, 3.63) is 54.4 Å². The van der Waals surface area contributed by atoms with E-state index in [1.807, 2.05) is 35.2 Å². The fourth-order valence-electron chi connectivity index (χ4n) is 1.74. The summed E-state index contributed by atoms with van der Waals surface area (Å²) in [5.41, 5.74) is 1.12. The molecule has 1 amide bonds. The van der Waals surface area contributed by atoms with Gasteiger partial charge in [-0.05, 0) is 30.3 Å². The smallest absolute Gasteiger partial charge is 0.328 e. The third-order valence-electron chi connectivity index (χ3n) is 2.80. The van der Waals surface area contributed by atoms with E-state index in [2.05, 4.69) is 5.32 Å². The van der Waals surface area contributed by atoms with E-state index in [1.165, 1.54) is 0 Å². The zero-order valence-electron chi connectivity index (χ0n) is 10.6. The average Bonchev–Trinajstić information content (AvgIpc) is 2.98. The molecule has 2 rings (SSSR count). The van der Waals surface area contributed by atoms with E-state index < -0.39 is 24.5 Å². The summed E-state index contributed by atoms with van der Waals surface area (Å²) in [5, 5.41) is 19.9. The monoisotopic (exact) mass is 274 g/mol. The normalized spacial score (nSPS) is 11.8. The Bertz CT molecular complexity index is 607. The van der Waals surface area contributed by atoms with E-state index in [0.717, 1.165) is 5.69 Å². The molecular weight excluding hydrogens is 260 g/mol. The fourth-order valence-corrected chi connectivity index (χ4v) is 1.74. The minimum Gasteiger partial charge on any atom is -0.480 e. The molecule has 1 aromatic heterocycles. The first-order valence-corrected chi connectivity index (χ1v) is 6.00. The van der Waals surface area contributed by atoms with E-state index in [9.17, 15) is 9.59 Å². The Kier molecular flexibility index (Phi) is 4.17. The maximum Gasteiger partial charge on any atom is 0.328 e. The van der Waals surface area contributed by atoms with Gasteiger partial charge >= 0.3 is 5.97 Å². The molecule has 0 fully saturated rings. The highest BCUT2D eigenvalue weighted by molar-refractivity contribution is 5.97. The number of aromatic nitrogens is 1. The van der Waals surface area contributed by atoms with E-state index in [4.69, 9.17) is 10.2 Å². The molecule has 6 heteroatoms. The predicted molar refractivity (Wildman–Crippen MR) is 71.7 cm³/mol. The first kappa shape index (κ1) is 13.8. The Hall–Kier alpha value is -2.60. The summed E-state index contributed by atoms with van der Waals surface area (Å²) in [6.45, 7) is -0.654. The number of aliphatic hydroxyl groups is 1. The molecule has 1 atom stereocenters. The summed E-state index contributed by atoms with van der Waals surface area (Å²) in [4.78, 5) is 22.7. The Morgan fingerprint density at radius 3 is 2.50 bits per heavy atom. The van der Waals surface area contributed by atoms with Crippen LogP contribution < -0.4 is 5.32 Å². The summed E-state index contributed by atoms with van der Waals surface area (Å²) in [7, 11) is 0. The molecule has 2 aromatic rings. The molecule has 0 aliphatic carbocycles. The number of carbonyl (C=O) groups excluding carboxylic acids is 1. The maximum atomic E-state index is 11.9. The van der Waals surface area contributed by atoms with Gasteiger partial charge in [0, 0.05) is 23.6 Å². The van der Waals surface area contributed by atoms with Crippen LogP contribution in [0.4, 0.5) is 0 Å². The number of carbonyl (C=O) groups is 2. The SMILES string of the molecule is O=C(NC(CO)C(=O)O)c1cccc(-n2cccc2)c1. The van der Waals surface area contributed by atoms with Crippen molar-refractivity contribution in [1.29, 1.82) is 0 Å². The number of aliphatic hydroxyl groups excluding tert-OH is 1. The van der Waals surface area contributed by atoms with Gasteiger partial charge in [-0.2, -0.15) is 0 Å². The van der Waals surface area contributed by atoms with Gasteiger partial charge < -0.3 is 20.1 Å². The molecule has 0 aliphatic heterocycles. The van der Waals surface area contributed by atoms with Crippen LogP contribution in [-0.4, -0.2) is 39.3 Å². The van der Waals surface area contributed by atoms with Crippen LogP contribution in [0.25, 0.3) is 5.69 Å². The number of nitrogens with one attached hydrogen (secondary N) is 1. The molecule has 1 unspecified atom stereocenters. The van der Waals surface area contributed by atoms with E-state index in [1.54, 1.807) is 18.2 Å². The zero-order valence-corrected chi connectivity index (χ0v) is 10.6. The average molecular weight is 274 g/mol. The minimum atomic E-state index is -1.31. The van der Waals surface area contributed by atoms with Gasteiger partial charge in [-0.15, -0.1) is 0 Å². The van der Waals surface area contributed by atoms with Crippen LogP contribution in [0.1, 0.15) is 10.4 Å². The number of hydrogen-bond acceptors (Lipinski definition) is 3. The zero-order chi connectivity index (χ0) is 14.5. The number of benzene rings is 1. The van der Waals surface area contributed by atoms with Gasteiger partial charge in [-0.25, -0.2) is 4.79 Å². The van der Waals surface area contributed by atoms with Gasteiger partial charge in [-0.3, -0.25) is 4.79 Å². The summed E-state index contributed by atoms with van der Waals surface area (Å²) in [5.74, 6) is -1.82. The first-order chi connectivity index (χ1) is 9.61. The molecule has 0 spiro atoms. The lowest BCUT2D eigenvalue weighted by Gasteiger charge is -2.12. The number of rotatable bonds is 5. The van der Waals surface area contributed by atoms with Crippen molar-refractivity contribution in [2.45, 2.75) is 6.04 Å². The molecule has 0 saturated carbocycles. The van der Waals surface area contributed by atoms with Crippen molar-refractivity contribution < 1.29 is 19.8 Å². The molecule has 6 nitrogen and oxygen atoms in total. The number of hydrogen-bond donors (Lipinski definition) is 3. The summed E-state index contributed by atoms with van der Waals surface area (Å²) >= 11 is 0. The van der Waals surface area contributed by atoms with Crippen molar-refractivity contribution >= 4 is 11.9 Å². The predicted octanol–water partition coefficient (Wildman–Crippen LogP) is 0.653. The van der Waals surface area contributed by atoms with Crippen LogP contribution in [0.5, 0.6) is 0 Å². The number of nitrogens with zero attached hydrogens (tertiary/aromatic N) is 1. The molecule has 0 bridgehead atoms. The molecule has 3 N–H and O–H groups in total. The molecule has 104 valence electrons. The minimum absolute atomic E-state index is 0.330. The topological polar surface area (TPSA) is 91.6 Å². The van der Waals surface area contributed by atoms with E-state index in [0.29, 0.717) is 5.56 Å². The molecule has 0 aliphatic rings. The Morgan fingerprint density at radius 2 is 1.90 bits per heavy atom. The highest BCUT2D eigenvalue weighted by Crippen LogP contribution is 2.11. The third kappa shape index (κ3) is 3.04. The van der Waals surface area contributed by atoms with Crippen molar-refractivity contribution in [3.63, 3.8) is 0 Å². The summed E-state index contributed by atoms with van der Waals surface area (Å²) in [6, 6.07) is 9.18. The highest BCUT2D eigenvalue weighted by atomic mass is 16.4. The van der Waals surface area contributed by atoms with Gasteiger partial charge in [0.15, 0.2) is 6.04 Å². The standard InChI is InChI=1S/C14H14N2O4/c17-9-12(14(19)20)15-13(18)10-4-3-5-11(8-10)16-6-1-2-7-16/h1-8,12,17H,9H2,(H,15,18)(H,19,20). The van der Waals surface area contributed by atoms with Gasteiger partial charge in [0.1, 0.15) is 0 Å². The van der Waals surface area contributed by atoms with E-state index in [-0.39, 0.29) is 0 Å². The van der Waals surface area contributed by atoms with Gasteiger partial charge in [-0.1, -0.05) is 6.07 Å². The van der Waals surface area contributed by atoms with Crippen molar-refractivity contribution in [2.24, 2.45) is 0 Å². The number of aliphatic carboxylic acids is 1. The van der Waals surface area contributed by atoms with Crippen molar-refractivity contribution in [1.82, 2.24) is 9.88 Å². The highest BCUT2D eigenvalue weighted by Gasteiger charge is 2.19. The fraction of sp³-hybridized carbons (Fsp3) is 0.143. The second-order valence-corrected chi connectivity index (χ2v) is 4.19. The van der Waals surface area contributed by atoms with Crippen LogP contribution in [0.3, 0.4) is 0 Å². The maximum absolute atomic E-state index is 11.9. The third-order valence-corrected chi connectivity index (χ3v) is 2.80. The molecule has 1 heterocycles. The van der Waals surface area contributed by atoms with Crippen LogP contribution in [0, 0.1) is 0 Å². The molecule has 0 saturated heterocycles. The van der Waals surface area contributed by atoms with Crippen LogP contribution in [0.2, 0.25) is 0 Å². The Labute approximate surface area is 115 Å². The van der Waals surface area contributed by atoms with Crippen LogP contribution >= 0.6 is 0 Å².